The van der Waals surface area contributed by atoms with E-state index >= 15 is 0 Å². The van der Waals surface area contributed by atoms with Crippen molar-refractivity contribution in [3.63, 3.8) is 0 Å². The van der Waals surface area contributed by atoms with Gasteiger partial charge in [0.15, 0.2) is 6.10 Å². The maximum absolute atomic E-state index is 12.7. The van der Waals surface area contributed by atoms with Gasteiger partial charge < -0.3 is 23.7 Å². The average molecular weight is 457 g/mol. The highest BCUT2D eigenvalue weighted by molar-refractivity contribution is 5.72. The molecule has 1 aliphatic rings. The number of methoxy groups -OCH3 is 1. The number of aryl methyl sites for hydroxylation is 1. The zero-order chi connectivity index (χ0) is 23.3. The molecule has 3 rings (SSSR count). The number of hydrogen-bond acceptors (Lipinski definition) is 6. The minimum atomic E-state index is -4.40. The van der Waals surface area contributed by atoms with Gasteiger partial charge in [0.1, 0.15) is 11.5 Å². The summed E-state index contributed by atoms with van der Waals surface area (Å²) in [4.78, 5) is 15.4. The van der Waals surface area contributed by atoms with Crippen LogP contribution in [0.5, 0.6) is 0 Å². The lowest BCUT2D eigenvalue weighted by molar-refractivity contribution is -0.155. The van der Waals surface area contributed by atoms with E-state index in [1.807, 2.05) is 0 Å². The summed E-state index contributed by atoms with van der Waals surface area (Å²) in [6.45, 7) is 1.90. The highest BCUT2D eigenvalue weighted by atomic mass is 19.4. The second-order valence-corrected chi connectivity index (χ2v) is 7.71. The number of carbonyl (C=O) groups is 1. The zero-order valence-electron chi connectivity index (χ0n) is 17.9. The smallest absolute Gasteiger partial charge is 0.416 e. The van der Waals surface area contributed by atoms with Gasteiger partial charge in [0.2, 0.25) is 5.89 Å². The van der Waals surface area contributed by atoms with Crippen LogP contribution < -0.4 is 0 Å². The summed E-state index contributed by atoms with van der Waals surface area (Å²) in [5.41, 5.74) is 0.292. The van der Waals surface area contributed by atoms with Gasteiger partial charge in [-0.05, 0) is 56.9 Å². The third-order valence-electron chi connectivity index (χ3n) is 5.43. The van der Waals surface area contributed by atoms with E-state index < -0.39 is 23.8 Å². The van der Waals surface area contributed by atoms with Gasteiger partial charge in [-0.2, -0.15) is 13.2 Å². The first kappa shape index (κ1) is 24.2. The Balaban J connectivity index is 1.54. The fourth-order valence-electron chi connectivity index (χ4n) is 3.55. The molecule has 1 heterocycles. The van der Waals surface area contributed by atoms with Crippen LogP contribution in [0.15, 0.2) is 28.7 Å². The molecule has 0 spiro atoms. The van der Waals surface area contributed by atoms with Crippen molar-refractivity contribution in [2.24, 2.45) is 0 Å². The van der Waals surface area contributed by atoms with Crippen LogP contribution in [0, 0.1) is 6.92 Å². The first-order valence-electron chi connectivity index (χ1n) is 10.3. The molecule has 176 valence electrons. The largest absolute Gasteiger partial charge is 0.479 e. The number of carboxylic acid groups (broad SMARTS) is 1. The van der Waals surface area contributed by atoms with Gasteiger partial charge in [0.25, 0.3) is 0 Å². The van der Waals surface area contributed by atoms with Crippen molar-refractivity contribution < 1.29 is 41.7 Å². The average Bonchev–Trinajstić information content (AvgIpc) is 3.13. The molecule has 1 fully saturated rings. The van der Waals surface area contributed by atoms with Gasteiger partial charge in [-0.1, -0.05) is 0 Å². The minimum absolute atomic E-state index is 0.0257. The molecule has 2 aromatic rings. The van der Waals surface area contributed by atoms with Crippen molar-refractivity contribution in [2.45, 2.75) is 63.7 Å². The summed E-state index contributed by atoms with van der Waals surface area (Å²) in [6, 6.07) is 4.63. The van der Waals surface area contributed by atoms with Crippen LogP contribution in [0.4, 0.5) is 13.2 Å². The summed E-state index contributed by atoms with van der Waals surface area (Å²) < 4.78 is 60.4. The molecule has 7 nitrogen and oxygen atoms in total. The molecule has 0 bridgehead atoms. The van der Waals surface area contributed by atoms with E-state index in [2.05, 4.69) is 4.98 Å². The van der Waals surface area contributed by atoms with Gasteiger partial charge in [0, 0.05) is 12.7 Å². The number of halogens is 3. The lowest BCUT2D eigenvalue weighted by atomic mass is 9.95. The van der Waals surface area contributed by atoms with Gasteiger partial charge in [-0.25, -0.2) is 9.78 Å². The highest BCUT2D eigenvalue weighted by Gasteiger charge is 2.30. The van der Waals surface area contributed by atoms with Crippen LogP contribution in [-0.4, -0.2) is 48.1 Å². The van der Waals surface area contributed by atoms with Crippen LogP contribution in [0.3, 0.4) is 0 Å². The molecule has 0 radical (unpaired) electrons. The zero-order valence-corrected chi connectivity index (χ0v) is 17.9. The molecule has 32 heavy (non-hydrogen) atoms. The number of aliphatic carboxylic acids is 1. The van der Waals surface area contributed by atoms with Crippen molar-refractivity contribution in [1.82, 2.24) is 4.98 Å². The quantitative estimate of drug-likeness (QED) is 0.588. The second kappa shape index (κ2) is 10.5. The molecule has 1 aromatic carbocycles. The lowest BCUT2D eigenvalue weighted by Gasteiger charge is -2.29. The summed E-state index contributed by atoms with van der Waals surface area (Å²) in [7, 11) is 1.33. The van der Waals surface area contributed by atoms with Crippen molar-refractivity contribution in [3.8, 4) is 11.5 Å². The van der Waals surface area contributed by atoms with Gasteiger partial charge in [-0.3, -0.25) is 0 Å². The molecule has 3 atom stereocenters. The molecular formula is C22H26F3NO6. The SMILES string of the molecule is COC(COC1CCCC(OCc2nc(-c3ccc(C(F)(F)F)cc3)oc2C)C1)C(=O)O. The molecule has 10 heteroatoms. The van der Waals surface area contributed by atoms with E-state index in [-0.39, 0.29) is 31.3 Å². The molecule has 1 aliphatic carbocycles. The molecule has 1 aromatic heterocycles. The van der Waals surface area contributed by atoms with Crippen molar-refractivity contribution in [2.75, 3.05) is 13.7 Å². The second-order valence-electron chi connectivity index (χ2n) is 7.71. The number of ether oxygens (including phenoxy) is 3. The minimum Gasteiger partial charge on any atom is -0.479 e. The maximum atomic E-state index is 12.7. The van der Waals surface area contributed by atoms with E-state index in [1.165, 1.54) is 19.2 Å². The molecule has 1 N–H and O–H groups in total. The Kier molecular flexibility index (Phi) is 7.91. The Morgan fingerprint density at radius 1 is 1.22 bits per heavy atom. The predicted molar refractivity (Wildman–Crippen MR) is 107 cm³/mol. The summed E-state index contributed by atoms with van der Waals surface area (Å²) in [5, 5.41) is 9.03. The van der Waals surface area contributed by atoms with E-state index in [4.69, 9.17) is 23.7 Å². The molecule has 0 amide bonds. The monoisotopic (exact) mass is 457 g/mol. The summed E-state index contributed by atoms with van der Waals surface area (Å²) in [6.07, 6.45) is -2.43. The van der Waals surface area contributed by atoms with Crippen LogP contribution in [0.2, 0.25) is 0 Å². The summed E-state index contributed by atoms with van der Waals surface area (Å²) >= 11 is 0. The maximum Gasteiger partial charge on any atom is 0.416 e. The fraction of sp³-hybridized carbons (Fsp3) is 0.545. The predicted octanol–water partition coefficient (Wildman–Crippen LogP) is 4.61. The number of aromatic nitrogens is 1. The molecule has 3 unspecified atom stereocenters. The molecule has 0 saturated heterocycles. The van der Waals surface area contributed by atoms with Crippen LogP contribution in [0.25, 0.3) is 11.5 Å². The van der Waals surface area contributed by atoms with E-state index in [0.717, 1.165) is 31.4 Å². The number of rotatable bonds is 9. The number of carboxylic acids is 1. The van der Waals surface area contributed by atoms with Crippen molar-refractivity contribution in [3.05, 3.63) is 41.3 Å². The molecular weight excluding hydrogens is 431 g/mol. The Hall–Kier alpha value is -2.43. The number of alkyl halides is 3. The van der Waals surface area contributed by atoms with Gasteiger partial charge in [0.05, 0.1) is 31.0 Å². The van der Waals surface area contributed by atoms with Gasteiger partial charge >= 0.3 is 12.1 Å². The van der Waals surface area contributed by atoms with Crippen molar-refractivity contribution >= 4 is 5.97 Å². The third-order valence-corrected chi connectivity index (χ3v) is 5.43. The summed E-state index contributed by atoms with van der Waals surface area (Å²) in [5.74, 6) is -0.298. The van der Waals surface area contributed by atoms with Crippen LogP contribution in [0.1, 0.15) is 42.7 Å². The van der Waals surface area contributed by atoms with E-state index in [9.17, 15) is 18.0 Å². The topological polar surface area (TPSA) is 91.0 Å². The van der Waals surface area contributed by atoms with Crippen LogP contribution >= 0.6 is 0 Å². The van der Waals surface area contributed by atoms with E-state index in [1.54, 1.807) is 6.92 Å². The lowest BCUT2D eigenvalue weighted by Crippen LogP contribution is -2.34. The fourth-order valence-corrected chi connectivity index (χ4v) is 3.55. The van der Waals surface area contributed by atoms with Gasteiger partial charge in [-0.15, -0.1) is 0 Å². The van der Waals surface area contributed by atoms with Crippen molar-refractivity contribution in [1.29, 1.82) is 0 Å². The normalized spacial score (nSPS) is 20.3. The Labute approximate surface area is 183 Å². The highest BCUT2D eigenvalue weighted by Crippen LogP contribution is 2.31. The number of benzene rings is 1. The number of oxazole rings is 1. The standard InChI is InChI=1S/C22H26F3NO6/c1-13-18(26-20(32-13)14-6-8-15(9-7-14)22(23,24)25)11-30-16-4-3-5-17(10-16)31-12-19(29-2)21(27)28/h6-9,16-17,19H,3-5,10-12H2,1-2H3,(H,27,28). The molecule has 0 aliphatic heterocycles. The third kappa shape index (κ3) is 6.30. The first-order valence-corrected chi connectivity index (χ1v) is 10.3. The number of nitrogens with zero attached hydrogens (tertiary/aromatic N) is 1. The Morgan fingerprint density at radius 3 is 2.47 bits per heavy atom. The Bertz CT molecular complexity index is 896. The Morgan fingerprint density at radius 2 is 1.88 bits per heavy atom. The number of hydrogen-bond donors (Lipinski definition) is 1. The van der Waals surface area contributed by atoms with Crippen LogP contribution in [-0.2, 0) is 31.8 Å². The molecule has 1 saturated carbocycles. The van der Waals surface area contributed by atoms with E-state index in [0.29, 0.717) is 23.4 Å². The first-order chi connectivity index (χ1) is 15.2.